The predicted molar refractivity (Wildman–Crippen MR) is 87.4 cm³/mol. The number of benzene rings is 2. The van der Waals surface area contributed by atoms with Crippen LogP contribution in [-0.2, 0) is 0 Å². The zero-order valence-corrected chi connectivity index (χ0v) is 13.5. The quantitative estimate of drug-likeness (QED) is 0.830. The number of halogens is 1. The molecule has 0 heterocycles. The van der Waals surface area contributed by atoms with Gasteiger partial charge in [-0.15, -0.1) is 0 Å². The van der Waals surface area contributed by atoms with Crippen LogP contribution in [0.5, 0.6) is 5.75 Å². The molecule has 0 fully saturated rings. The van der Waals surface area contributed by atoms with Crippen LogP contribution in [0.3, 0.4) is 0 Å². The average molecular weight is 349 g/mol. The summed E-state index contributed by atoms with van der Waals surface area (Å²) < 4.78 is 5.94. The summed E-state index contributed by atoms with van der Waals surface area (Å²) in [5, 5.41) is 2.94. The van der Waals surface area contributed by atoms with Gasteiger partial charge in [0, 0.05) is 10.2 Å². The Hall–Kier alpha value is -2.01. The molecule has 110 valence electrons. The molecule has 2 aromatic rings. The molecule has 0 aliphatic carbocycles. The molecule has 1 atom stereocenters. The summed E-state index contributed by atoms with van der Waals surface area (Å²) in [6, 6.07) is 12.7. The van der Waals surface area contributed by atoms with E-state index in [1.54, 1.807) is 25.3 Å². The smallest absolute Gasteiger partial charge is 0.253 e. The molecule has 0 saturated carbocycles. The van der Waals surface area contributed by atoms with Gasteiger partial charge >= 0.3 is 0 Å². The molecule has 5 heteroatoms. The van der Waals surface area contributed by atoms with Gasteiger partial charge in [-0.25, -0.2) is 0 Å². The summed E-state index contributed by atoms with van der Waals surface area (Å²) in [4.78, 5) is 12.3. The number of nitrogens with one attached hydrogen (secondary N) is 1. The maximum absolute atomic E-state index is 12.3. The maximum atomic E-state index is 12.3. The molecule has 3 N–H and O–H groups in total. The Morgan fingerprint density at radius 3 is 2.52 bits per heavy atom. The van der Waals surface area contributed by atoms with Gasteiger partial charge in [0.05, 0.1) is 18.7 Å². The Labute approximate surface area is 132 Å². The van der Waals surface area contributed by atoms with Gasteiger partial charge in [-0.2, -0.15) is 0 Å². The number of hydrogen-bond acceptors (Lipinski definition) is 3. The summed E-state index contributed by atoms with van der Waals surface area (Å²) in [5.41, 5.74) is 7.76. The van der Waals surface area contributed by atoms with Crippen molar-refractivity contribution in [1.82, 2.24) is 5.32 Å². The van der Waals surface area contributed by atoms with E-state index in [0.29, 0.717) is 11.3 Å². The molecule has 2 rings (SSSR count). The van der Waals surface area contributed by atoms with Crippen molar-refractivity contribution >= 4 is 27.5 Å². The van der Waals surface area contributed by atoms with E-state index < -0.39 is 0 Å². The highest BCUT2D eigenvalue weighted by Gasteiger charge is 2.14. The van der Waals surface area contributed by atoms with Gasteiger partial charge in [0.2, 0.25) is 0 Å². The van der Waals surface area contributed by atoms with E-state index in [1.165, 1.54) is 0 Å². The van der Waals surface area contributed by atoms with E-state index in [9.17, 15) is 4.79 Å². The average Bonchev–Trinajstić information content (AvgIpc) is 2.49. The van der Waals surface area contributed by atoms with Crippen LogP contribution in [0.4, 0.5) is 5.69 Å². The fourth-order valence-corrected chi connectivity index (χ4v) is 2.34. The number of anilines is 1. The van der Waals surface area contributed by atoms with Crippen LogP contribution in [-0.4, -0.2) is 13.0 Å². The number of ether oxygens (including phenoxy) is 1. The van der Waals surface area contributed by atoms with Crippen molar-refractivity contribution in [3.63, 3.8) is 0 Å². The van der Waals surface area contributed by atoms with Crippen molar-refractivity contribution in [2.24, 2.45) is 0 Å². The van der Waals surface area contributed by atoms with Crippen molar-refractivity contribution in [3.8, 4) is 5.75 Å². The number of hydrogen-bond donors (Lipinski definition) is 2. The van der Waals surface area contributed by atoms with Crippen LogP contribution in [0.1, 0.15) is 28.9 Å². The topological polar surface area (TPSA) is 64.3 Å². The number of rotatable bonds is 4. The first-order valence-corrected chi connectivity index (χ1v) is 7.30. The monoisotopic (exact) mass is 348 g/mol. The van der Waals surface area contributed by atoms with Gasteiger partial charge in [0.1, 0.15) is 5.75 Å². The Bertz CT molecular complexity index is 641. The van der Waals surface area contributed by atoms with E-state index in [2.05, 4.69) is 21.2 Å². The van der Waals surface area contributed by atoms with Crippen molar-refractivity contribution in [2.75, 3.05) is 12.8 Å². The third-order valence-corrected chi connectivity index (χ3v) is 3.72. The lowest BCUT2D eigenvalue weighted by atomic mass is 10.1. The highest BCUT2D eigenvalue weighted by Crippen LogP contribution is 2.21. The lowest BCUT2D eigenvalue weighted by Crippen LogP contribution is -2.27. The lowest BCUT2D eigenvalue weighted by Gasteiger charge is -2.15. The van der Waals surface area contributed by atoms with E-state index >= 15 is 0 Å². The molecule has 0 radical (unpaired) electrons. The molecule has 0 spiro atoms. The van der Waals surface area contributed by atoms with Gasteiger partial charge in [-0.3, -0.25) is 4.79 Å². The molecule has 0 saturated heterocycles. The standard InChI is InChI=1S/C16H17BrN2O2/c1-10(11-3-6-13(21-2)7-4-11)19-16(20)14-9-12(17)5-8-15(14)18/h3-10H,18H2,1-2H3,(H,19,20)/t10-/m0/s1. The molecule has 0 aliphatic rings. The summed E-state index contributed by atoms with van der Waals surface area (Å²) in [5.74, 6) is 0.589. The summed E-state index contributed by atoms with van der Waals surface area (Å²) in [7, 11) is 1.62. The van der Waals surface area contributed by atoms with E-state index in [0.717, 1.165) is 15.8 Å². The Balaban J connectivity index is 2.12. The van der Waals surface area contributed by atoms with Gasteiger partial charge in [-0.05, 0) is 42.8 Å². The molecule has 0 bridgehead atoms. The molecule has 1 amide bonds. The fourth-order valence-electron chi connectivity index (χ4n) is 1.98. The molecule has 0 aromatic heterocycles. The Morgan fingerprint density at radius 2 is 1.90 bits per heavy atom. The van der Waals surface area contributed by atoms with Crippen LogP contribution in [0.15, 0.2) is 46.9 Å². The van der Waals surface area contributed by atoms with Gasteiger partial charge < -0.3 is 15.8 Å². The molecule has 4 nitrogen and oxygen atoms in total. The number of methoxy groups -OCH3 is 1. The second kappa shape index (κ2) is 6.63. The van der Waals surface area contributed by atoms with Crippen LogP contribution in [0.25, 0.3) is 0 Å². The van der Waals surface area contributed by atoms with Crippen LogP contribution >= 0.6 is 15.9 Å². The van der Waals surface area contributed by atoms with Gasteiger partial charge in [0.15, 0.2) is 0 Å². The normalized spacial score (nSPS) is 11.8. The van der Waals surface area contributed by atoms with E-state index in [1.807, 2.05) is 31.2 Å². The summed E-state index contributed by atoms with van der Waals surface area (Å²) in [6.45, 7) is 1.92. The van der Waals surface area contributed by atoms with Crippen molar-refractivity contribution in [1.29, 1.82) is 0 Å². The third-order valence-electron chi connectivity index (χ3n) is 3.22. The van der Waals surface area contributed by atoms with Crippen molar-refractivity contribution in [2.45, 2.75) is 13.0 Å². The van der Waals surface area contributed by atoms with Gasteiger partial charge in [0.25, 0.3) is 5.91 Å². The molecule has 2 aromatic carbocycles. The highest BCUT2D eigenvalue weighted by molar-refractivity contribution is 9.10. The predicted octanol–water partition coefficient (Wildman–Crippen LogP) is 3.53. The van der Waals surface area contributed by atoms with Crippen LogP contribution in [0, 0.1) is 0 Å². The lowest BCUT2D eigenvalue weighted by molar-refractivity contribution is 0.0940. The zero-order valence-electron chi connectivity index (χ0n) is 11.9. The first-order valence-electron chi connectivity index (χ1n) is 6.51. The minimum atomic E-state index is -0.197. The largest absolute Gasteiger partial charge is 0.497 e. The van der Waals surface area contributed by atoms with E-state index in [4.69, 9.17) is 10.5 Å². The third kappa shape index (κ3) is 3.76. The molecular formula is C16H17BrN2O2. The van der Waals surface area contributed by atoms with Gasteiger partial charge in [-0.1, -0.05) is 28.1 Å². The fraction of sp³-hybridized carbons (Fsp3) is 0.188. The number of amides is 1. The number of nitrogen functional groups attached to an aromatic ring is 1. The molecule has 21 heavy (non-hydrogen) atoms. The highest BCUT2D eigenvalue weighted by atomic mass is 79.9. The maximum Gasteiger partial charge on any atom is 0.253 e. The van der Waals surface area contributed by atoms with Crippen LogP contribution < -0.4 is 15.8 Å². The number of carbonyl (C=O) groups excluding carboxylic acids is 1. The number of carbonyl (C=O) groups is 1. The second-order valence-electron chi connectivity index (χ2n) is 4.70. The van der Waals surface area contributed by atoms with Crippen molar-refractivity contribution < 1.29 is 9.53 Å². The van der Waals surface area contributed by atoms with Crippen LogP contribution in [0.2, 0.25) is 0 Å². The minimum Gasteiger partial charge on any atom is -0.497 e. The molecular weight excluding hydrogens is 332 g/mol. The Morgan fingerprint density at radius 1 is 1.24 bits per heavy atom. The molecule has 0 unspecified atom stereocenters. The zero-order chi connectivity index (χ0) is 15.4. The number of nitrogens with two attached hydrogens (primary N) is 1. The summed E-state index contributed by atoms with van der Waals surface area (Å²) in [6.07, 6.45) is 0. The SMILES string of the molecule is COc1ccc([C@H](C)NC(=O)c2cc(Br)ccc2N)cc1. The summed E-state index contributed by atoms with van der Waals surface area (Å²) >= 11 is 3.34. The van der Waals surface area contributed by atoms with Crippen molar-refractivity contribution in [3.05, 3.63) is 58.1 Å². The first-order chi connectivity index (χ1) is 10.0. The first kappa shape index (κ1) is 15.4. The molecule has 0 aliphatic heterocycles. The van der Waals surface area contributed by atoms with E-state index in [-0.39, 0.29) is 11.9 Å². The Kier molecular flexibility index (Phi) is 4.85. The second-order valence-corrected chi connectivity index (χ2v) is 5.62. The minimum absolute atomic E-state index is 0.123.